The summed E-state index contributed by atoms with van der Waals surface area (Å²) in [6.07, 6.45) is 1.82. The van der Waals surface area contributed by atoms with Gasteiger partial charge in [-0.1, -0.05) is 165 Å². The van der Waals surface area contributed by atoms with Crippen molar-refractivity contribution in [3.8, 4) is 67.5 Å². The molecule has 0 spiro atoms. The summed E-state index contributed by atoms with van der Waals surface area (Å²) >= 11 is 0. The lowest BCUT2D eigenvalue weighted by molar-refractivity contribution is 0.446. The third kappa shape index (κ3) is 7.45. The van der Waals surface area contributed by atoms with Crippen LogP contribution in [0.2, 0.25) is 0 Å². The highest BCUT2D eigenvalue weighted by Gasteiger charge is 2.29. The molecule has 2 aromatic heterocycles. The number of aromatic hydroxyl groups is 1. The van der Waals surface area contributed by atoms with Gasteiger partial charge >= 0.3 is 0 Å². The van der Waals surface area contributed by atoms with Crippen molar-refractivity contribution in [3.63, 3.8) is 0 Å². The first-order valence-electron chi connectivity index (χ1n) is 28.6. The number of hydrogen-bond donors (Lipinski definition) is 1. The van der Waals surface area contributed by atoms with Crippen LogP contribution >= 0.6 is 0 Å². The predicted molar refractivity (Wildman–Crippen MR) is 253 cm³/mol. The van der Waals surface area contributed by atoms with Gasteiger partial charge in [0.1, 0.15) is 11.6 Å². The third-order valence-electron chi connectivity index (χ3n) is 11.1. The Morgan fingerprint density at radius 1 is 0.567 bits per heavy atom. The van der Waals surface area contributed by atoms with Crippen molar-refractivity contribution in [3.05, 3.63) is 167 Å². The largest absolute Gasteiger partial charge is 0.507 e. The first-order chi connectivity index (χ1) is 35.9. The third-order valence-corrected chi connectivity index (χ3v) is 11.1. The smallest absolute Gasteiger partial charge is 0.149 e. The van der Waals surface area contributed by atoms with Crippen molar-refractivity contribution in [2.24, 2.45) is 0 Å². The monoisotopic (exact) mass is 806 g/mol. The fourth-order valence-electron chi connectivity index (χ4n) is 8.02. The van der Waals surface area contributed by atoms with E-state index in [0.29, 0.717) is 45.2 Å². The Kier molecular flexibility index (Phi) is 6.06. The number of aromatic nitrogens is 3. The van der Waals surface area contributed by atoms with E-state index in [-0.39, 0.29) is 5.52 Å². The van der Waals surface area contributed by atoms with Crippen molar-refractivity contribution in [2.75, 3.05) is 0 Å². The van der Waals surface area contributed by atoms with Crippen LogP contribution in [0.3, 0.4) is 0 Å². The summed E-state index contributed by atoms with van der Waals surface area (Å²) in [5.74, 6) is -1.75. The standard InChI is InChI=1S/C56H57N3O/c1-35-34-57-50(36(2)49(35)38-23-16-13-17-24-38)40-29-39(30-41(31-40)54(3,4)5)44-26-20-28-48-51(44)58-53(45-32-42(55(6,7)8)33-46(52(45)60)56(9,10)11)59(48)47-27-19-18-25-43(47)37-21-14-12-15-22-37/h12-34,60H,1-11H3/i6D3,7D3,8D3,9D3,10D3,11D3. The summed E-state index contributed by atoms with van der Waals surface area (Å²) in [5, 5.41) is 12.9. The summed E-state index contributed by atoms with van der Waals surface area (Å²) in [5.41, 5.74) is -2.70. The number of aryl methyl sites for hydroxylation is 1. The van der Waals surface area contributed by atoms with Crippen molar-refractivity contribution in [1.29, 1.82) is 0 Å². The van der Waals surface area contributed by atoms with Gasteiger partial charge in [0.15, 0.2) is 0 Å². The Morgan fingerprint density at radius 2 is 1.18 bits per heavy atom. The van der Waals surface area contributed by atoms with Gasteiger partial charge in [0.2, 0.25) is 0 Å². The number of benzene rings is 6. The molecule has 1 N–H and O–H groups in total. The van der Waals surface area contributed by atoms with E-state index in [4.69, 9.17) is 34.6 Å². The van der Waals surface area contributed by atoms with E-state index in [9.17, 15) is 5.11 Å². The molecule has 4 nitrogen and oxygen atoms in total. The molecule has 0 bridgehead atoms. The average Bonchev–Trinajstić information content (AvgIpc) is 3.86. The maximum Gasteiger partial charge on any atom is 0.149 e. The first kappa shape index (κ1) is 24.1. The molecular weight excluding hydrogens is 731 g/mol. The zero-order valence-electron chi connectivity index (χ0n) is 52.1. The van der Waals surface area contributed by atoms with Gasteiger partial charge in [-0.2, -0.15) is 0 Å². The van der Waals surface area contributed by atoms with E-state index in [1.165, 1.54) is 4.57 Å². The molecule has 0 atom stereocenters. The molecule has 0 aliphatic carbocycles. The molecular formula is C56H57N3O. The van der Waals surface area contributed by atoms with Crippen LogP contribution in [-0.2, 0) is 16.2 Å². The molecule has 4 heteroatoms. The Balaban J connectivity index is 1.60. The lowest BCUT2D eigenvalue weighted by Crippen LogP contribution is -2.17. The van der Waals surface area contributed by atoms with Crippen molar-refractivity contribution >= 4 is 11.0 Å². The number of phenols is 1. The molecule has 0 radical (unpaired) electrons. The highest BCUT2D eigenvalue weighted by atomic mass is 16.3. The van der Waals surface area contributed by atoms with Crippen LogP contribution < -0.4 is 0 Å². The van der Waals surface area contributed by atoms with E-state index < -0.39 is 85.6 Å². The number of imidazole rings is 1. The first-order valence-corrected chi connectivity index (χ1v) is 19.6. The van der Waals surface area contributed by atoms with E-state index in [1.54, 1.807) is 60.7 Å². The minimum absolute atomic E-state index is 0.194. The normalized spacial score (nSPS) is 18.0. The molecule has 0 unspecified atom stereocenters. The molecule has 60 heavy (non-hydrogen) atoms. The van der Waals surface area contributed by atoms with Gasteiger partial charge in [-0.05, 0) is 105 Å². The second kappa shape index (κ2) is 15.1. The molecule has 6 aromatic carbocycles. The van der Waals surface area contributed by atoms with Gasteiger partial charge in [-0.15, -0.1) is 0 Å². The highest BCUT2D eigenvalue weighted by molar-refractivity contribution is 5.98. The summed E-state index contributed by atoms with van der Waals surface area (Å²) in [6.45, 7) is -14.3. The number of pyridine rings is 1. The van der Waals surface area contributed by atoms with Crippen LogP contribution in [0.1, 0.15) is 114 Å². The quantitative estimate of drug-likeness (QED) is 0.182. The van der Waals surface area contributed by atoms with E-state index >= 15 is 0 Å². The van der Waals surface area contributed by atoms with Crippen LogP contribution in [0.15, 0.2) is 140 Å². The van der Waals surface area contributed by atoms with Gasteiger partial charge in [-0.3, -0.25) is 9.55 Å². The topological polar surface area (TPSA) is 50.9 Å². The molecule has 0 saturated carbocycles. The van der Waals surface area contributed by atoms with Crippen LogP contribution in [0, 0.1) is 13.8 Å². The predicted octanol–water partition coefficient (Wildman–Crippen LogP) is 15.0. The molecule has 2 heterocycles. The van der Waals surface area contributed by atoms with Gasteiger partial charge in [-0.25, -0.2) is 4.98 Å². The number of para-hydroxylation sites is 2. The lowest BCUT2D eigenvalue weighted by Gasteiger charge is -2.27. The summed E-state index contributed by atoms with van der Waals surface area (Å²) in [6, 6.07) is 38.1. The maximum atomic E-state index is 12.9. The number of hydrogen-bond acceptors (Lipinski definition) is 3. The SMILES string of the molecule is [2H]C([2H])([2H])C(c1cc(-c2nc3c(-c4cc(-c5ncc(C)c(-c6ccccc6)c5C)cc(C(C)(C)C)c4)cccc3n2-c2ccccc2-c2ccccc2)c(O)c(C(C([2H])([2H])[2H])(C([2H])([2H])[2H])C([2H])([2H])[2H])c1)(C([2H])([2H])[2H])C([2H])([2H])[2H]. The van der Waals surface area contributed by atoms with Gasteiger partial charge in [0.25, 0.3) is 0 Å². The zero-order valence-corrected chi connectivity index (χ0v) is 34.1. The molecule has 0 fully saturated rings. The van der Waals surface area contributed by atoms with E-state index in [2.05, 4.69) is 26.8 Å². The number of rotatable bonds is 6. The molecule has 0 aliphatic heterocycles. The number of nitrogens with zero attached hydrogens (tertiary/aromatic N) is 3. The summed E-state index contributed by atoms with van der Waals surface area (Å²) < 4.78 is 159. The second-order valence-electron chi connectivity index (χ2n) is 16.5. The maximum absolute atomic E-state index is 12.9. The fraction of sp³-hybridized carbons (Fsp3) is 0.250. The van der Waals surface area contributed by atoms with Crippen LogP contribution in [-0.4, -0.2) is 19.6 Å². The molecule has 0 saturated heterocycles. The minimum Gasteiger partial charge on any atom is -0.507 e. The Labute approximate surface area is 382 Å². The summed E-state index contributed by atoms with van der Waals surface area (Å²) in [4.78, 5) is 10.1. The van der Waals surface area contributed by atoms with Crippen molar-refractivity contribution in [2.45, 2.75) is 92.0 Å². The second-order valence-corrected chi connectivity index (χ2v) is 16.5. The lowest BCUT2D eigenvalue weighted by atomic mass is 9.79. The van der Waals surface area contributed by atoms with E-state index in [1.807, 2.05) is 74.6 Å². The highest BCUT2D eigenvalue weighted by Crippen LogP contribution is 2.46. The van der Waals surface area contributed by atoms with Crippen molar-refractivity contribution < 1.29 is 29.8 Å². The van der Waals surface area contributed by atoms with E-state index in [0.717, 1.165) is 39.4 Å². The zero-order chi connectivity index (χ0) is 57.7. The Hall–Kier alpha value is -6.26. The minimum atomic E-state index is -4.12. The Bertz CT molecular complexity index is 3490. The van der Waals surface area contributed by atoms with Crippen LogP contribution in [0.5, 0.6) is 5.75 Å². The molecule has 302 valence electrons. The fourth-order valence-corrected chi connectivity index (χ4v) is 8.02. The molecule has 8 aromatic rings. The van der Waals surface area contributed by atoms with Gasteiger partial charge in [0, 0.05) is 53.1 Å². The molecule has 0 amide bonds. The number of phenolic OH excluding ortho intramolecular Hbond substituents is 1. The summed E-state index contributed by atoms with van der Waals surface area (Å²) in [7, 11) is 0. The average molecular weight is 806 g/mol. The number of fused-ring (bicyclic) bond motifs is 1. The van der Waals surface area contributed by atoms with Crippen LogP contribution in [0.25, 0.3) is 72.7 Å². The van der Waals surface area contributed by atoms with Crippen LogP contribution in [0.4, 0.5) is 0 Å². The molecule has 8 rings (SSSR count). The Morgan fingerprint density at radius 3 is 1.87 bits per heavy atom. The van der Waals surface area contributed by atoms with Crippen molar-refractivity contribution in [1.82, 2.24) is 14.5 Å². The van der Waals surface area contributed by atoms with Gasteiger partial charge < -0.3 is 5.11 Å². The molecule has 0 aliphatic rings. The van der Waals surface area contributed by atoms with Gasteiger partial charge in [0.05, 0.1) is 28.0 Å².